The largest absolute Gasteiger partial charge is 0.361 e. The smallest absolute Gasteiger partial charge is 0.253 e. The van der Waals surface area contributed by atoms with Crippen LogP contribution < -0.4 is 16.0 Å². The van der Waals surface area contributed by atoms with Gasteiger partial charge in [-0.15, -0.1) is 0 Å². The van der Waals surface area contributed by atoms with Gasteiger partial charge in [-0.3, -0.25) is 14.4 Å². The maximum atomic E-state index is 13.3. The van der Waals surface area contributed by atoms with Crippen molar-refractivity contribution in [2.75, 3.05) is 10.6 Å². The zero-order valence-corrected chi connectivity index (χ0v) is 19.1. The molecule has 3 amide bonds. The summed E-state index contributed by atoms with van der Waals surface area (Å²) < 4.78 is 0. The molecule has 1 unspecified atom stereocenters. The fourth-order valence-electron chi connectivity index (χ4n) is 3.72. The number of anilines is 2. The van der Waals surface area contributed by atoms with Crippen molar-refractivity contribution in [2.45, 2.75) is 19.4 Å². The number of hydrogen-bond donors (Lipinski definition) is 4. The van der Waals surface area contributed by atoms with Crippen LogP contribution in [0, 0.1) is 0 Å². The van der Waals surface area contributed by atoms with Gasteiger partial charge in [0.25, 0.3) is 5.91 Å². The number of hydrogen-bond acceptors (Lipinski definition) is 3. The topological polar surface area (TPSA) is 103 Å². The Labute approximate surface area is 201 Å². The highest BCUT2D eigenvalue weighted by Crippen LogP contribution is 2.21. The molecule has 1 atom stereocenters. The first-order chi connectivity index (χ1) is 16.4. The fraction of sp³-hybridized carbons (Fsp3) is 0.115. The predicted molar refractivity (Wildman–Crippen MR) is 134 cm³/mol. The van der Waals surface area contributed by atoms with Crippen molar-refractivity contribution < 1.29 is 14.4 Å². The molecule has 0 bridgehead atoms. The van der Waals surface area contributed by atoms with E-state index in [2.05, 4.69) is 20.9 Å². The summed E-state index contributed by atoms with van der Waals surface area (Å²) in [5.74, 6) is -1.06. The molecule has 8 heteroatoms. The summed E-state index contributed by atoms with van der Waals surface area (Å²) in [6.45, 7) is 1.41. The number of carbonyl (C=O) groups excluding carboxylic acids is 3. The summed E-state index contributed by atoms with van der Waals surface area (Å²) in [5.41, 5.74) is 3.17. The van der Waals surface area contributed by atoms with Crippen molar-refractivity contribution in [2.24, 2.45) is 0 Å². The lowest BCUT2D eigenvalue weighted by atomic mass is 10.0. The van der Waals surface area contributed by atoms with Gasteiger partial charge in [0.15, 0.2) is 0 Å². The van der Waals surface area contributed by atoms with E-state index >= 15 is 0 Å². The third-order valence-electron chi connectivity index (χ3n) is 5.29. The van der Waals surface area contributed by atoms with Gasteiger partial charge in [0.05, 0.1) is 10.6 Å². The number of carbonyl (C=O) groups is 3. The highest BCUT2D eigenvalue weighted by Gasteiger charge is 2.24. The number of halogens is 1. The summed E-state index contributed by atoms with van der Waals surface area (Å²) in [7, 11) is 0. The second-order valence-corrected chi connectivity index (χ2v) is 8.23. The number of para-hydroxylation sites is 1. The van der Waals surface area contributed by atoms with E-state index in [1.807, 2.05) is 30.5 Å². The maximum absolute atomic E-state index is 13.3. The Bertz CT molecular complexity index is 1360. The molecule has 4 N–H and O–H groups in total. The number of aromatic amines is 1. The molecule has 3 aromatic carbocycles. The van der Waals surface area contributed by atoms with E-state index in [0.717, 1.165) is 16.5 Å². The van der Waals surface area contributed by atoms with Crippen molar-refractivity contribution in [1.82, 2.24) is 10.3 Å². The Morgan fingerprint density at radius 2 is 1.62 bits per heavy atom. The van der Waals surface area contributed by atoms with Crippen LogP contribution in [0.5, 0.6) is 0 Å². The summed E-state index contributed by atoms with van der Waals surface area (Å²) in [6.07, 6.45) is 2.10. The molecule has 0 aliphatic carbocycles. The van der Waals surface area contributed by atoms with E-state index in [4.69, 9.17) is 11.6 Å². The summed E-state index contributed by atoms with van der Waals surface area (Å²) in [4.78, 5) is 40.8. The first-order valence-electron chi connectivity index (χ1n) is 10.7. The minimum Gasteiger partial charge on any atom is -0.361 e. The lowest BCUT2D eigenvalue weighted by Gasteiger charge is -2.19. The van der Waals surface area contributed by atoms with Gasteiger partial charge in [0, 0.05) is 41.8 Å². The van der Waals surface area contributed by atoms with Crippen LogP contribution in [0.2, 0.25) is 5.02 Å². The Morgan fingerprint density at radius 1 is 0.912 bits per heavy atom. The van der Waals surface area contributed by atoms with Crippen molar-refractivity contribution in [3.05, 3.63) is 95.1 Å². The Balaban J connectivity index is 1.60. The number of amides is 3. The van der Waals surface area contributed by atoms with Gasteiger partial charge < -0.3 is 20.9 Å². The van der Waals surface area contributed by atoms with Crippen molar-refractivity contribution in [3.63, 3.8) is 0 Å². The van der Waals surface area contributed by atoms with Crippen molar-refractivity contribution >= 4 is 51.6 Å². The standard InChI is InChI=1S/C26H23ClN4O3/c1-16(32)29-18-7-6-8-19(14-18)30-26(34)24(31-25(33)21-10-2-4-11-22(21)27)13-17-15-28-23-12-5-3-9-20(17)23/h2-12,14-15,24,28H,13H2,1H3,(H,29,32)(H,30,34)(H,31,33). The van der Waals surface area contributed by atoms with E-state index in [0.29, 0.717) is 16.4 Å². The van der Waals surface area contributed by atoms with Crippen LogP contribution in [0.25, 0.3) is 10.9 Å². The molecule has 0 aliphatic heterocycles. The first kappa shape index (κ1) is 23.1. The summed E-state index contributed by atoms with van der Waals surface area (Å²) >= 11 is 6.19. The van der Waals surface area contributed by atoms with Gasteiger partial charge in [0.2, 0.25) is 11.8 Å². The molecule has 0 radical (unpaired) electrons. The molecule has 0 fully saturated rings. The monoisotopic (exact) mass is 474 g/mol. The molecule has 4 aromatic rings. The average molecular weight is 475 g/mol. The fourth-order valence-corrected chi connectivity index (χ4v) is 3.94. The summed E-state index contributed by atoms with van der Waals surface area (Å²) in [5, 5.41) is 9.62. The normalized spacial score (nSPS) is 11.6. The molecule has 7 nitrogen and oxygen atoms in total. The molecule has 0 spiro atoms. The van der Waals surface area contributed by atoms with Crippen LogP contribution in [-0.4, -0.2) is 28.7 Å². The molecule has 0 saturated heterocycles. The number of rotatable bonds is 7. The second kappa shape index (κ2) is 10.2. The minimum absolute atomic E-state index is 0.215. The molecular weight excluding hydrogens is 452 g/mol. The Hall–Kier alpha value is -4.10. The van der Waals surface area contributed by atoms with Crippen LogP contribution in [0.15, 0.2) is 79.0 Å². The quantitative estimate of drug-likeness (QED) is 0.310. The predicted octanol–water partition coefficient (Wildman–Crippen LogP) is 4.76. The van der Waals surface area contributed by atoms with Crippen LogP contribution in [0.3, 0.4) is 0 Å². The van der Waals surface area contributed by atoms with Gasteiger partial charge in [-0.25, -0.2) is 0 Å². The van der Waals surface area contributed by atoms with Gasteiger partial charge in [-0.1, -0.05) is 48.0 Å². The Morgan fingerprint density at radius 3 is 2.38 bits per heavy atom. The highest BCUT2D eigenvalue weighted by atomic mass is 35.5. The zero-order chi connectivity index (χ0) is 24.1. The molecule has 0 aliphatic rings. The Kier molecular flexibility index (Phi) is 6.94. The van der Waals surface area contributed by atoms with E-state index in [1.54, 1.807) is 48.5 Å². The highest BCUT2D eigenvalue weighted by molar-refractivity contribution is 6.33. The molecule has 34 heavy (non-hydrogen) atoms. The van der Waals surface area contributed by atoms with Gasteiger partial charge in [0.1, 0.15) is 6.04 Å². The lowest BCUT2D eigenvalue weighted by Crippen LogP contribution is -2.45. The van der Waals surface area contributed by atoms with Crippen LogP contribution in [0.1, 0.15) is 22.8 Å². The molecular formula is C26H23ClN4O3. The van der Waals surface area contributed by atoms with E-state index in [-0.39, 0.29) is 17.9 Å². The third kappa shape index (κ3) is 5.44. The second-order valence-electron chi connectivity index (χ2n) is 7.82. The minimum atomic E-state index is -0.882. The zero-order valence-electron chi connectivity index (χ0n) is 18.4. The van der Waals surface area contributed by atoms with Gasteiger partial charge >= 0.3 is 0 Å². The van der Waals surface area contributed by atoms with Crippen LogP contribution in [-0.2, 0) is 16.0 Å². The van der Waals surface area contributed by atoms with Crippen LogP contribution in [0.4, 0.5) is 11.4 Å². The average Bonchev–Trinajstić information content (AvgIpc) is 3.21. The van der Waals surface area contributed by atoms with Crippen LogP contribution >= 0.6 is 11.6 Å². The molecule has 1 aromatic heterocycles. The number of H-pyrrole nitrogens is 1. The number of fused-ring (bicyclic) bond motifs is 1. The van der Waals surface area contributed by atoms with E-state index in [9.17, 15) is 14.4 Å². The molecule has 0 saturated carbocycles. The SMILES string of the molecule is CC(=O)Nc1cccc(NC(=O)C(Cc2c[nH]c3ccccc23)NC(=O)c2ccccc2Cl)c1. The van der Waals surface area contributed by atoms with E-state index < -0.39 is 17.9 Å². The molecule has 4 rings (SSSR count). The molecule has 1 heterocycles. The van der Waals surface area contributed by atoms with Crippen molar-refractivity contribution in [3.8, 4) is 0 Å². The number of benzene rings is 3. The van der Waals surface area contributed by atoms with E-state index in [1.165, 1.54) is 6.92 Å². The van der Waals surface area contributed by atoms with Gasteiger partial charge in [-0.2, -0.15) is 0 Å². The number of nitrogens with one attached hydrogen (secondary N) is 4. The first-order valence-corrected chi connectivity index (χ1v) is 11.1. The van der Waals surface area contributed by atoms with Crippen molar-refractivity contribution in [1.29, 1.82) is 0 Å². The molecule has 172 valence electrons. The lowest BCUT2D eigenvalue weighted by molar-refractivity contribution is -0.118. The third-order valence-corrected chi connectivity index (χ3v) is 5.62. The maximum Gasteiger partial charge on any atom is 0.253 e. The number of aromatic nitrogens is 1. The summed E-state index contributed by atoms with van der Waals surface area (Å²) in [6, 6.07) is 20.4. The van der Waals surface area contributed by atoms with Gasteiger partial charge in [-0.05, 0) is 42.0 Å².